The van der Waals surface area contributed by atoms with Gasteiger partial charge in [-0.1, -0.05) is 29.5 Å². The normalized spacial score (nSPS) is 11.8. The van der Waals surface area contributed by atoms with Crippen molar-refractivity contribution in [3.8, 4) is 0 Å². The van der Waals surface area contributed by atoms with Crippen molar-refractivity contribution in [1.29, 1.82) is 0 Å². The third kappa shape index (κ3) is 4.67. The van der Waals surface area contributed by atoms with Gasteiger partial charge in [-0.15, -0.1) is 0 Å². The number of hydrogen-bond acceptors (Lipinski definition) is 6. The van der Waals surface area contributed by atoms with E-state index in [9.17, 15) is 13.2 Å². The van der Waals surface area contributed by atoms with Gasteiger partial charge in [-0.05, 0) is 75.2 Å². The fraction of sp³-hybridized carbons (Fsp3) is 0.240. The Bertz CT molecular complexity index is 1430. The molecule has 0 aliphatic carbocycles. The van der Waals surface area contributed by atoms with Crippen LogP contribution in [0, 0.1) is 13.8 Å². The van der Waals surface area contributed by atoms with Crippen LogP contribution in [0.4, 0.5) is 5.13 Å². The Morgan fingerprint density at radius 2 is 1.85 bits per heavy atom. The van der Waals surface area contributed by atoms with Gasteiger partial charge in [0, 0.05) is 11.8 Å². The lowest BCUT2D eigenvalue weighted by Crippen LogP contribution is -2.31. The molecule has 0 atom stereocenters. The van der Waals surface area contributed by atoms with Crippen LogP contribution in [0.25, 0.3) is 10.2 Å². The number of amides is 1. The minimum Gasteiger partial charge on any atom is -0.278 e. The number of aryl methyl sites for hydroxylation is 2. The number of aromatic nitrogens is 2. The molecule has 0 saturated carbocycles. The number of benzene rings is 2. The molecule has 2 aromatic heterocycles. The van der Waals surface area contributed by atoms with E-state index in [4.69, 9.17) is 4.98 Å². The lowest BCUT2D eigenvalue weighted by Gasteiger charge is -2.20. The first kappa shape index (κ1) is 23.1. The molecule has 0 radical (unpaired) electrons. The molecule has 2 aromatic carbocycles. The summed E-state index contributed by atoms with van der Waals surface area (Å²) < 4.78 is 26.4. The molecule has 1 amide bonds. The number of pyridine rings is 1. The maximum absolute atomic E-state index is 13.7. The highest BCUT2D eigenvalue weighted by molar-refractivity contribution is 7.92. The third-order valence-corrected chi connectivity index (χ3v) is 8.55. The monoisotopic (exact) mass is 479 g/mol. The van der Waals surface area contributed by atoms with E-state index >= 15 is 0 Å². The average molecular weight is 480 g/mol. The molecule has 8 heteroatoms. The number of rotatable bonds is 6. The molecule has 4 rings (SSSR count). The molecule has 0 fully saturated rings. The van der Waals surface area contributed by atoms with Crippen LogP contribution in [0.1, 0.15) is 41.0 Å². The number of fused-ring (bicyclic) bond motifs is 1. The largest absolute Gasteiger partial charge is 0.278 e. The van der Waals surface area contributed by atoms with Crippen LogP contribution in [0.5, 0.6) is 0 Å². The number of carbonyl (C=O) groups is 1. The Kier molecular flexibility index (Phi) is 6.32. The summed E-state index contributed by atoms with van der Waals surface area (Å²) in [6.45, 7) is 7.51. The molecule has 0 saturated heterocycles. The standard InChI is InChI=1S/C25H25N3O3S2/c1-16(2)33(30,31)21-10-7-8-19(14-21)24(29)28(15-20-9-5-6-11-26-20)25-27-23-18(4)12-17(3)13-22(23)32-25/h5-14,16H,15H2,1-4H3. The Balaban J connectivity index is 1.81. The second kappa shape index (κ2) is 9.03. The van der Waals surface area contributed by atoms with Gasteiger partial charge in [0.25, 0.3) is 5.91 Å². The first-order valence-electron chi connectivity index (χ1n) is 10.6. The maximum Gasteiger partial charge on any atom is 0.260 e. The van der Waals surface area contributed by atoms with Gasteiger partial charge in [0.15, 0.2) is 15.0 Å². The molecule has 0 aliphatic heterocycles. The molecular formula is C25H25N3O3S2. The number of anilines is 1. The summed E-state index contributed by atoms with van der Waals surface area (Å²) in [5.41, 5.74) is 4.03. The van der Waals surface area contributed by atoms with E-state index < -0.39 is 15.1 Å². The molecule has 0 N–H and O–H groups in total. The fourth-order valence-electron chi connectivity index (χ4n) is 3.59. The minimum absolute atomic E-state index is 0.136. The average Bonchev–Trinajstić information content (AvgIpc) is 3.22. The fourth-order valence-corrected chi connectivity index (χ4v) is 5.83. The second-order valence-electron chi connectivity index (χ2n) is 8.26. The molecule has 0 bridgehead atoms. The Morgan fingerprint density at radius 3 is 2.55 bits per heavy atom. The highest BCUT2D eigenvalue weighted by atomic mass is 32.2. The molecule has 0 unspecified atom stereocenters. The van der Waals surface area contributed by atoms with Crippen LogP contribution in [0.15, 0.2) is 65.7 Å². The number of sulfone groups is 1. The summed E-state index contributed by atoms with van der Waals surface area (Å²) in [6.07, 6.45) is 1.68. The number of nitrogens with zero attached hydrogens (tertiary/aromatic N) is 3. The molecule has 4 aromatic rings. The van der Waals surface area contributed by atoms with E-state index in [0.717, 1.165) is 21.3 Å². The SMILES string of the molecule is Cc1cc(C)c2nc(N(Cc3ccccn3)C(=O)c3cccc(S(=O)(=O)C(C)C)c3)sc2c1. The van der Waals surface area contributed by atoms with Gasteiger partial charge >= 0.3 is 0 Å². The summed E-state index contributed by atoms with van der Waals surface area (Å²) >= 11 is 1.44. The molecule has 170 valence electrons. The predicted molar refractivity (Wildman–Crippen MR) is 133 cm³/mol. The molecule has 0 aliphatic rings. The van der Waals surface area contributed by atoms with Crippen molar-refractivity contribution in [2.75, 3.05) is 4.90 Å². The van der Waals surface area contributed by atoms with Gasteiger partial charge < -0.3 is 0 Å². The number of hydrogen-bond donors (Lipinski definition) is 0. The van der Waals surface area contributed by atoms with E-state index in [1.54, 1.807) is 37.1 Å². The molecule has 0 spiro atoms. The molecule has 2 heterocycles. The highest BCUT2D eigenvalue weighted by Crippen LogP contribution is 2.33. The van der Waals surface area contributed by atoms with Crippen LogP contribution in [0.2, 0.25) is 0 Å². The maximum atomic E-state index is 13.7. The summed E-state index contributed by atoms with van der Waals surface area (Å²) in [7, 11) is -3.51. The van der Waals surface area contributed by atoms with Crippen molar-refractivity contribution in [2.24, 2.45) is 0 Å². The second-order valence-corrected chi connectivity index (χ2v) is 11.8. The van der Waals surface area contributed by atoms with Crippen molar-refractivity contribution in [3.05, 3.63) is 83.2 Å². The van der Waals surface area contributed by atoms with Crippen molar-refractivity contribution in [2.45, 2.75) is 44.4 Å². The highest BCUT2D eigenvalue weighted by Gasteiger charge is 2.25. The van der Waals surface area contributed by atoms with Crippen LogP contribution in [0.3, 0.4) is 0 Å². The Hall–Kier alpha value is -3.10. The first-order valence-corrected chi connectivity index (χ1v) is 13.0. The molecular weight excluding hydrogens is 454 g/mol. The quantitative estimate of drug-likeness (QED) is 0.373. The summed E-state index contributed by atoms with van der Waals surface area (Å²) in [6, 6.07) is 15.9. The van der Waals surface area contributed by atoms with Gasteiger partial charge in [0.05, 0.1) is 32.6 Å². The van der Waals surface area contributed by atoms with Crippen LogP contribution < -0.4 is 4.90 Å². The zero-order valence-corrected chi connectivity index (χ0v) is 20.6. The first-order chi connectivity index (χ1) is 15.7. The Labute approximate surface area is 197 Å². The lowest BCUT2D eigenvalue weighted by molar-refractivity contribution is 0.0984. The summed E-state index contributed by atoms with van der Waals surface area (Å²) in [5, 5.41) is -0.0329. The number of carbonyl (C=O) groups excluding carboxylic acids is 1. The van der Waals surface area contributed by atoms with E-state index in [-0.39, 0.29) is 17.3 Å². The van der Waals surface area contributed by atoms with Crippen molar-refractivity contribution in [3.63, 3.8) is 0 Å². The zero-order chi connectivity index (χ0) is 23.8. The number of thiazole rings is 1. The zero-order valence-electron chi connectivity index (χ0n) is 18.9. The van der Waals surface area contributed by atoms with Gasteiger partial charge in [-0.2, -0.15) is 0 Å². The Morgan fingerprint density at radius 1 is 1.06 bits per heavy atom. The van der Waals surface area contributed by atoms with E-state index in [2.05, 4.69) is 17.1 Å². The smallest absolute Gasteiger partial charge is 0.260 e. The molecule has 33 heavy (non-hydrogen) atoms. The summed E-state index contributed by atoms with van der Waals surface area (Å²) in [4.78, 5) is 24.6. The van der Waals surface area contributed by atoms with E-state index in [0.29, 0.717) is 16.4 Å². The lowest BCUT2D eigenvalue weighted by atomic mass is 10.1. The van der Waals surface area contributed by atoms with Crippen molar-refractivity contribution in [1.82, 2.24) is 9.97 Å². The van der Waals surface area contributed by atoms with Crippen molar-refractivity contribution >= 4 is 42.4 Å². The summed E-state index contributed by atoms with van der Waals surface area (Å²) in [5.74, 6) is -0.324. The van der Waals surface area contributed by atoms with Crippen LogP contribution in [-0.4, -0.2) is 29.5 Å². The van der Waals surface area contributed by atoms with Crippen LogP contribution >= 0.6 is 11.3 Å². The van der Waals surface area contributed by atoms with Gasteiger partial charge in [0.2, 0.25) is 0 Å². The predicted octanol–water partition coefficient (Wildman–Crippen LogP) is 5.34. The third-order valence-electron chi connectivity index (χ3n) is 5.37. The van der Waals surface area contributed by atoms with E-state index in [1.165, 1.54) is 23.5 Å². The topological polar surface area (TPSA) is 80.2 Å². The molecule has 6 nitrogen and oxygen atoms in total. The van der Waals surface area contributed by atoms with Gasteiger partial charge in [-0.3, -0.25) is 14.7 Å². The van der Waals surface area contributed by atoms with Crippen LogP contribution in [-0.2, 0) is 16.4 Å². The minimum atomic E-state index is -3.51. The van der Waals surface area contributed by atoms with Gasteiger partial charge in [-0.25, -0.2) is 13.4 Å². The van der Waals surface area contributed by atoms with Gasteiger partial charge in [0.1, 0.15) is 0 Å². The van der Waals surface area contributed by atoms with Crippen molar-refractivity contribution < 1.29 is 13.2 Å². The van der Waals surface area contributed by atoms with E-state index in [1.807, 2.05) is 32.0 Å².